The molecule has 3 aliphatic rings. The second kappa shape index (κ2) is 6.90. The lowest BCUT2D eigenvalue weighted by Crippen LogP contribution is -2.61. The molecule has 3 fully saturated rings. The van der Waals surface area contributed by atoms with Gasteiger partial charge in [-0.05, 0) is 55.3 Å². The van der Waals surface area contributed by atoms with Gasteiger partial charge in [-0.2, -0.15) is 13.2 Å². The maximum absolute atomic E-state index is 13.5. The molecular weight excluding hydrogens is 425 g/mol. The standard InChI is InChI=1S/C20H26BrF3O3/c1-11-4-6-15-12(2)19(26,20(22,23)24)9-8-18(15,3)14(11)7-5-13-16(21)10-27-17(13)25/h5,12,14-16,26H,1,4,6-10H2,2-3H3/b13-5+/t12-,14-,15-,16?,18+,19+/m1/s1. The fourth-order valence-electron chi connectivity index (χ4n) is 5.51. The average molecular weight is 451 g/mol. The van der Waals surface area contributed by atoms with Gasteiger partial charge in [0.05, 0.1) is 10.4 Å². The summed E-state index contributed by atoms with van der Waals surface area (Å²) in [7, 11) is 0. The monoisotopic (exact) mass is 450 g/mol. The molecule has 1 heterocycles. The van der Waals surface area contributed by atoms with Crippen molar-refractivity contribution in [2.45, 2.75) is 62.6 Å². The van der Waals surface area contributed by atoms with Gasteiger partial charge in [0.1, 0.15) is 6.61 Å². The molecule has 0 spiro atoms. The fraction of sp³-hybridized carbons (Fsp3) is 0.750. The smallest absolute Gasteiger partial charge is 0.417 e. The van der Waals surface area contributed by atoms with Gasteiger partial charge in [-0.1, -0.05) is 48.0 Å². The Morgan fingerprint density at radius 1 is 1.41 bits per heavy atom. The van der Waals surface area contributed by atoms with E-state index < -0.39 is 17.7 Å². The van der Waals surface area contributed by atoms with E-state index in [-0.39, 0.29) is 40.9 Å². The molecule has 3 nitrogen and oxygen atoms in total. The topological polar surface area (TPSA) is 46.5 Å². The lowest BCUT2D eigenvalue weighted by molar-refractivity contribution is -0.306. The Hall–Kier alpha value is -0.820. The number of cyclic esters (lactones) is 1. The van der Waals surface area contributed by atoms with Gasteiger partial charge < -0.3 is 9.84 Å². The van der Waals surface area contributed by atoms with Crippen molar-refractivity contribution in [3.8, 4) is 0 Å². The van der Waals surface area contributed by atoms with Crippen molar-refractivity contribution in [3.63, 3.8) is 0 Å². The SMILES string of the molecule is C=C1CC[C@@H]2[C@@H](C)[C@](O)(C(F)(F)F)CC[C@@]2(C)[C@@H]1C/C=C1/C(=O)OCC1Br. The van der Waals surface area contributed by atoms with E-state index in [1.165, 1.54) is 6.92 Å². The van der Waals surface area contributed by atoms with Gasteiger partial charge in [0, 0.05) is 0 Å². The number of aliphatic hydroxyl groups is 1. The van der Waals surface area contributed by atoms with E-state index in [1.54, 1.807) is 0 Å². The van der Waals surface area contributed by atoms with Gasteiger partial charge in [-0.3, -0.25) is 0 Å². The summed E-state index contributed by atoms with van der Waals surface area (Å²) in [4.78, 5) is 11.7. The predicted octanol–water partition coefficient (Wildman–Crippen LogP) is 4.94. The van der Waals surface area contributed by atoms with E-state index in [1.807, 2.05) is 13.0 Å². The summed E-state index contributed by atoms with van der Waals surface area (Å²) in [5.74, 6) is -1.48. The predicted molar refractivity (Wildman–Crippen MR) is 99.2 cm³/mol. The van der Waals surface area contributed by atoms with E-state index in [0.29, 0.717) is 31.4 Å². The van der Waals surface area contributed by atoms with Crippen LogP contribution in [-0.4, -0.2) is 34.3 Å². The molecule has 1 aliphatic heterocycles. The summed E-state index contributed by atoms with van der Waals surface area (Å²) in [6.45, 7) is 8.03. The fourth-order valence-corrected chi connectivity index (χ4v) is 6.02. The molecule has 6 atom stereocenters. The van der Waals surface area contributed by atoms with Crippen molar-refractivity contribution in [1.29, 1.82) is 0 Å². The van der Waals surface area contributed by atoms with Crippen molar-refractivity contribution in [3.05, 3.63) is 23.8 Å². The van der Waals surface area contributed by atoms with Crippen LogP contribution in [0.4, 0.5) is 13.2 Å². The van der Waals surface area contributed by atoms with E-state index in [0.717, 1.165) is 5.57 Å². The van der Waals surface area contributed by atoms with Crippen LogP contribution in [0.2, 0.25) is 0 Å². The molecule has 27 heavy (non-hydrogen) atoms. The highest BCUT2D eigenvalue weighted by molar-refractivity contribution is 9.09. The zero-order chi connectivity index (χ0) is 20.2. The summed E-state index contributed by atoms with van der Waals surface area (Å²) in [6, 6.07) is 0. The Kier molecular flexibility index (Phi) is 5.34. The number of carbonyl (C=O) groups excluding carboxylic acids is 1. The van der Waals surface area contributed by atoms with Crippen LogP contribution in [0.1, 0.15) is 46.0 Å². The summed E-state index contributed by atoms with van der Waals surface area (Å²) >= 11 is 3.42. The molecule has 0 aromatic rings. The second-order valence-electron chi connectivity index (χ2n) is 8.53. The lowest BCUT2D eigenvalue weighted by atomic mass is 9.48. The summed E-state index contributed by atoms with van der Waals surface area (Å²) in [5, 5.41) is 10.4. The van der Waals surface area contributed by atoms with Gasteiger partial charge in [0.25, 0.3) is 0 Å². The first-order valence-corrected chi connectivity index (χ1v) is 10.3. The lowest BCUT2D eigenvalue weighted by Gasteiger charge is -2.58. The number of carbonyl (C=O) groups is 1. The Morgan fingerprint density at radius 3 is 2.63 bits per heavy atom. The minimum atomic E-state index is -4.63. The van der Waals surface area contributed by atoms with Crippen molar-refractivity contribution in [1.82, 2.24) is 0 Å². The van der Waals surface area contributed by atoms with Gasteiger partial charge in [-0.25, -0.2) is 4.79 Å². The molecule has 152 valence electrons. The van der Waals surface area contributed by atoms with Crippen molar-refractivity contribution >= 4 is 21.9 Å². The molecular formula is C20H26BrF3O3. The van der Waals surface area contributed by atoms with Crippen LogP contribution in [0, 0.1) is 23.2 Å². The van der Waals surface area contributed by atoms with E-state index in [2.05, 4.69) is 22.5 Å². The quantitative estimate of drug-likeness (QED) is 0.280. The van der Waals surface area contributed by atoms with Crippen molar-refractivity contribution in [2.75, 3.05) is 6.61 Å². The number of hydrogen-bond donors (Lipinski definition) is 1. The van der Waals surface area contributed by atoms with Crippen LogP contribution in [0.5, 0.6) is 0 Å². The molecule has 2 aliphatic carbocycles. The summed E-state index contributed by atoms with van der Waals surface area (Å²) in [6.07, 6.45) is -0.986. The maximum atomic E-state index is 13.5. The Labute approximate surface area is 166 Å². The maximum Gasteiger partial charge on any atom is 0.417 e. The molecule has 7 heteroatoms. The van der Waals surface area contributed by atoms with Crippen molar-refractivity contribution in [2.24, 2.45) is 23.2 Å². The number of fused-ring (bicyclic) bond motifs is 1. The Morgan fingerprint density at radius 2 is 2.07 bits per heavy atom. The van der Waals surface area contributed by atoms with Crippen LogP contribution in [0.25, 0.3) is 0 Å². The highest BCUT2D eigenvalue weighted by Gasteiger charge is 2.65. The number of rotatable bonds is 2. The number of ether oxygens (including phenoxy) is 1. The van der Waals surface area contributed by atoms with Crippen molar-refractivity contribution < 1.29 is 27.8 Å². The first-order valence-electron chi connectivity index (χ1n) is 9.40. The largest absolute Gasteiger partial charge is 0.461 e. The molecule has 0 bridgehead atoms. The number of allylic oxidation sites excluding steroid dienone is 2. The van der Waals surface area contributed by atoms with Gasteiger partial charge >= 0.3 is 12.1 Å². The van der Waals surface area contributed by atoms with Crippen LogP contribution >= 0.6 is 15.9 Å². The molecule has 3 rings (SSSR count). The molecule has 1 unspecified atom stereocenters. The highest BCUT2D eigenvalue weighted by atomic mass is 79.9. The highest BCUT2D eigenvalue weighted by Crippen LogP contribution is 2.62. The number of halogens is 4. The normalized spacial score (nSPS) is 44.3. The molecule has 0 radical (unpaired) electrons. The number of hydrogen-bond acceptors (Lipinski definition) is 3. The van der Waals surface area contributed by atoms with Gasteiger partial charge in [-0.15, -0.1) is 0 Å². The number of esters is 1. The molecule has 2 saturated carbocycles. The molecule has 0 aromatic heterocycles. The van der Waals surface area contributed by atoms with Crippen LogP contribution in [0.15, 0.2) is 23.8 Å². The van der Waals surface area contributed by atoms with Gasteiger partial charge in [0.2, 0.25) is 0 Å². The first-order chi connectivity index (χ1) is 12.4. The Balaban J connectivity index is 1.88. The molecule has 1 N–H and O–H groups in total. The third-order valence-electron chi connectivity index (χ3n) is 7.31. The minimum absolute atomic E-state index is 0.0166. The van der Waals surface area contributed by atoms with E-state index in [4.69, 9.17) is 4.74 Å². The summed E-state index contributed by atoms with van der Waals surface area (Å²) < 4.78 is 45.6. The van der Waals surface area contributed by atoms with Crippen LogP contribution in [-0.2, 0) is 9.53 Å². The average Bonchev–Trinajstić information content (AvgIpc) is 2.89. The van der Waals surface area contributed by atoms with Gasteiger partial charge in [0.15, 0.2) is 5.60 Å². The molecule has 0 aromatic carbocycles. The van der Waals surface area contributed by atoms with E-state index >= 15 is 0 Å². The van der Waals surface area contributed by atoms with E-state index in [9.17, 15) is 23.1 Å². The Bertz CT molecular complexity index is 674. The third kappa shape index (κ3) is 3.28. The molecule has 0 amide bonds. The zero-order valence-corrected chi connectivity index (χ0v) is 17.2. The zero-order valence-electron chi connectivity index (χ0n) is 15.6. The van der Waals surface area contributed by atoms with Crippen LogP contribution < -0.4 is 0 Å². The molecule has 1 saturated heterocycles. The number of alkyl halides is 4. The second-order valence-corrected chi connectivity index (χ2v) is 9.64. The summed E-state index contributed by atoms with van der Waals surface area (Å²) in [5.41, 5.74) is -1.42. The third-order valence-corrected chi connectivity index (χ3v) is 8.07. The first kappa shape index (κ1) is 20.9. The van der Waals surface area contributed by atoms with Crippen LogP contribution in [0.3, 0.4) is 0 Å². The minimum Gasteiger partial charge on any atom is -0.461 e.